The number of carboxylic acid groups (broad SMARTS) is 1. The predicted octanol–water partition coefficient (Wildman–Crippen LogP) is 0.671. The number of halogens is 2. The van der Waals surface area contributed by atoms with Crippen molar-refractivity contribution in [2.75, 3.05) is 0 Å². The van der Waals surface area contributed by atoms with Crippen LogP contribution in [0.4, 0.5) is 8.78 Å². The van der Waals surface area contributed by atoms with Gasteiger partial charge in [0.1, 0.15) is 5.97 Å². The molecule has 0 aliphatic carbocycles. The topological polar surface area (TPSA) is 92.7 Å². The van der Waals surface area contributed by atoms with E-state index in [9.17, 15) is 28.3 Å². The van der Waals surface area contributed by atoms with Crippen molar-refractivity contribution in [1.29, 1.82) is 0 Å². The molecule has 122 valence electrons. The maximum Gasteiger partial charge on any atom is 0.350 e. The first kappa shape index (κ1) is 19.3. The van der Waals surface area contributed by atoms with Crippen molar-refractivity contribution >= 4 is 17.9 Å². The van der Waals surface area contributed by atoms with E-state index in [1.807, 2.05) is 0 Å². The molecule has 0 amide bonds. The Kier molecular flexibility index (Phi) is 5.46. The molecule has 0 spiro atoms. The maximum absolute atomic E-state index is 13.7. The summed E-state index contributed by atoms with van der Waals surface area (Å²) in [5.74, 6) is -9.13. The summed E-state index contributed by atoms with van der Waals surface area (Å²) in [5.41, 5.74) is -3.21. The smallest absolute Gasteiger partial charge is 0.350 e. The minimum absolute atomic E-state index is 0.809. The predicted molar refractivity (Wildman–Crippen MR) is 65.1 cm³/mol. The Balaban J connectivity index is 5.41. The summed E-state index contributed by atoms with van der Waals surface area (Å²) in [6.45, 7) is 7.16. The van der Waals surface area contributed by atoms with Crippen molar-refractivity contribution in [2.45, 2.75) is 59.2 Å². The second-order valence-corrected chi connectivity index (χ2v) is 6.17. The van der Waals surface area contributed by atoms with Gasteiger partial charge in [-0.1, -0.05) is 20.8 Å². The number of carbonyl (C=O) groups excluding carboxylic acids is 3. The summed E-state index contributed by atoms with van der Waals surface area (Å²) in [7, 11) is 0. The molecule has 6 nitrogen and oxygen atoms in total. The van der Waals surface area contributed by atoms with Crippen LogP contribution in [0, 0.1) is 5.41 Å². The van der Waals surface area contributed by atoms with Crippen LogP contribution in [0.5, 0.6) is 0 Å². The lowest BCUT2D eigenvalue weighted by atomic mass is 9.85. The van der Waals surface area contributed by atoms with Crippen LogP contribution >= 0.6 is 0 Å². The second kappa shape index (κ2) is 5.95. The second-order valence-electron chi connectivity index (χ2n) is 6.17. The number of carbonyl (C=O) groups is 3. The maximum atomic E-state index is 13.7. The average Bonchev–Trinajstić information content (AvgIpc) is 2.21. The summed E-state index contributed by atoms with van der Waals surface area (Å²) in [5, 5.41) is 10.6. The first-order chi connectivity index (χ1) is 9.12. The minimum atomic E-state index is -4.39. The monoisotopic (exact) mass is 309 g/mol. The molecule has 0 fully saturated rings. The minimum Gasteiger partial charge on any atom is -0.544 e. The van der Waals surface area contributed by atoms with Crippen molar-refractivity contribution in [3.63, 3.8) is 0 Å². The summed E-state index contributed by atoms with van der Waals surface area (Å²) in [6.07, 6.45) is -2.28. The molecule has 0 bridgehead atoms. The molecule has 0 N–H and O–H groups in total. The summed E-state index contributed by atoms with van der Waals surface area (Å²) >= 11 is 0. The van der Waals surface area contributed by atoms with Crippen LogP contribution < -0.4 is 5.11 Å². The fourth-order valence-electron chi connectivity index (χ4n) is 1.55. The van der Waals surface area contributed by atoms with E-state index in [1.165, 1.54) is 20.8 Å². The summed E-state index contributed by atoms with van der Waals surface area (Å²) < 4.78 is 36.6. The Labute approximate surface area is 121 Å². The van der Waals surface area contributed by atoms with Gasteiger partial charge < -0.3 is 19.4 Å². The van der Waals surface area contributed by atoms with Crippen LogP contribution in [0.3, 0.4) is 0 Å². The van der Waals surface area contributed by atoms with E-state index in [1.54, 1.807) is 0 Å². The van der Waals surface area contributed by atoms with Crippen molar-refractivity contribution in [2.24, 2.45) is 5.41 Å². The number of rotatable bonds is 5. The van der Waals surface area contributed by atoms with Crippen molar-refractivity contribution in [3.8, 4) is 0 Å². The average molecular weight is 309 g/mol. The third kappa shape index (κ3) is 4.95. The van der Waals surface area contributed by atoms with Crippen molar-refractivity contribution < 1.29 is 37.7 Å². The van der Waals surface area contributed by atoms with Crippen molar-refractivity contribution in [3.05, 3.63) is 0 Å². The van der Waals surface area contributed by atoms with E-state index in [2.05, 4.69) is 9.47 Å². The summed E-state index contributed by atoms with van der Waals surface area (Å²) in [6, 6.07) is 0. The quantitative estimate of drug-likeness (QED) is 0.693. The Hall–Kier alpha value is -1.73. The van der Waals surface area contributed by atoms with E-state index < -0.39 is 41.0 Å². The zero-order valence-corrected chi connectivity index (χ0v) is 12.8. The number of hydrogen-bond acceptors (Lipinski definition) is 6. The molecule has 0 radical (unpaired) electrons. The van der Waals surface area contributed by atoms with E-state index in [0.717, 1.165) is 20.8 Å². The molecular formula is C13H19F2O6-. The fourth-order valence-corrected chi connectivity index (χ4v) is 1.55. The molecular weight excluding hydrogens is 290 g/mol. The largest absolute Gasteiger partial charge is 0.544 e. The number of carboxylic acids is 1. The van der Waals surface area contributed by atoms with Gasteiger partial charge in [-0.15, -0.1) is 0 Å². The molecule has 8 heteroatoms. The number of aliphatic carboxylic acids is 1. The van der Waals surface area contributed by atoms with Gasteiger partial charge in [0.05, 0.1) is 0 Å². The van der Waals surface area contributed by atoms with Crippen LogP contribution in [-0.4, -0.2) is 35.5 Å². The molecule has 0 saturated carbocycles. The lowest BCUT2D eigenvalue weighted by molar-refractivity contribution is -0.340. The highest BCUT2D eigenvalue weighted by molar-refractivity contribution is 5.83. The van der Waals surface area contributed by atoms with Crippen molar-refractivity contribution in [1.82, 2.24) is 0 Å². The normalized spacial score (nSPS) is 14.3. The molecule has 1 atom stereocenters. The Morgan fingerprint density at radius 2 is 1.48 bits per heavy atom. The number of hydrogen-bond donors (Lipinski definition) is 0. The van der Waals surface area contributed by atoms with E-state index in [4.69, 9.17) is 0 Å². The standard InChI is InChI=1S/C13H20F2O6/c1-7(16)21-12(5,6)10(19)20-8(11(2,3)4)13(14,15)9(17)18/h8H,1-6H3,(H,17,18)/p-1. The lowest BCUT2D eigenvalue weighted by Crippen LogP contribution is -2.57. The molecule has 0 aliphatic rings. The third-order valence-corrected chi connectivity index (χ3v) is 2.50. The SMILES string of the molecule is CC(=O)OC(C)(C)C(=O)OC(C(C)(C)C)C(F)(F)C(=O)[O-]. The van der Waals surface area contributed by atoms with Crippen LogP contribution in [-0.2, 0) is 23.9 Å². The summed E-state index contributed by atoms with van der Waals surface area (Å²) in [4.78, 5) is 33.3. The van der Waals surface area contributed by atoms with Gasteiger partial charge in [-0.25, -0.2) is 4.79 Å². The first-order valence-corrected chi connectivity index (χ1v) is 6.12. The molecule has 0 aromatic carbocycles. The molecule has 0 aromatic heterocycles. The number of alkyl halides is 2. The number of esters is 2. The highest BCUT2D eigenvalue weighted by atomic mass is 19.3. The van der Waals surface area contributed by atoms with Gasteiger partial charge in [-0.3, -0.25) is 4.79 Å². The lowest BCUT2D eigenvalue weighted by Gasteiger charge is -2.37. The molecule has 0 aromatic rings. The zero-order valence-electron chi connectivity index (χ0n) is 12.8. The molecule has 0 saturated heterocycles. The highest BCUT2D eigenvalue weighted by Crippen LogP contribution is 2.35. The van der Waals surface area contributed by atoms with E-state index >= 15 is 0 Å². The van der Waals surface area contributed by atoms with Gasteiger partial charge in [-0.05, 0) is 13.8 Å². The Morgan fingerprint density at radius 1 is 1.05 bits per heavy atom. The highest BCUT2D eigenvalue weighted by Gasteiger charge is 2.52. The zero-order chi connectivity index (χ0) is 17.2. The van der Waals surface area contributed by atoms with Gasteiger partial charge in [0.15, 0.2) is 6.10 Å². The third-order valence-electron chi connectivity index (χ3n) is 2.50. The van der Waals surface area contributed by atoms with Gasteiger partial charge in [0, 0.05) is 12.3 Å². The van der Waals surface area contributed by atoms with E-state index in [0.29, 0.717) is 0 Å². The van der Waals surface area contributed by atoms with Gasteiger partial charge >= 0.3 is 17.9 Å². The van der Waals surface area contributed by atoms with Crippen LogP contribution in [0.1, 0.15) is 41.5 Å². The van der Waals surface area contributed by atoms with Crippen LogP contribution in [0.15, 0.2) is 0 Å². The molecule has 0 aliphatic heterocycles. The molecule has 21 heavy (non-hydrogen) atoms. The molecule has 0 heterocycles. The van der Waals surface area contributed by atoms with Gasteiger partial charge in [-0.2, -0.15) is 8.78 Å². The van der Waals surface area contributed by atoms with Crippen LogP contribution in [0.25, 0.3) is 0 Å². The fraction of sp³-hybridized carbons (Fsp3) is 0.769. The Bertz CT molecular complexity index is 436. The Morgan fingerprint density at radius 3 is 1.76 bits per heavy atom. The van der Waals surface area contributed by atoms with E-state index in [-0.39, 0.29) is 0 Å². The van der Waals surface area contributed by atoms with Gasteiger partial charge in [0.25, 0.3) is 0 Å². The molecule has 0 rings (SSSR count). The van der Waals surface area contributed by atoms with Gasteiger partial charge in [0.2, 0.25) is 5.60 Å². The first-order valence-electron chi connectivity index (χ1n) is 6.12. The number of ether oxygens (including phenoxy) is 2. The van der Waals surface area contributed by atoms with Crippen LogP contribution in [0.2, 0.25) is 0 Å². The molecule has 1 unspecified atom stereocenters.